The number of halogens is 1. The lowest BCUT2D eigenvalue weighted by molar-refractivity contribution is -0.165. The molecule has 1 amide bonds. The Bertz CT molecular complexity index is 1360. The number of aryl methyl sites for hydroxylation is 1. The molecule has 1 saturated carbocycles. The van der Waals surface area contributed by atoms with Gasteiger partial charge in [-0.15, -0.1) is 0 Å². The Morgan fingerprint density at radius 3 is 2.67 bits per heavy atom. The molecule has 0 saturated heterocycles. The Morgan fingerprint density at radius 2 is 1.95 bits per heavy atom. The highest BCUT2D eigenvalue weighted by molar-refractivity contribution is 6.30. The first-order valence-corrected chi connectivity index (χ1v) is 15.7. The van der Waals surface area contributed by atoms with Gasteiger partial charge in [-0.3, -0.25) is 4.79 Å². The zero-order valence-corrected chi connectivity index (χ0v) is 26.1. The maximum atomic E-state index is 13.3. The van der Waals surface area contributed by atoms with Crippen molar-refractivity contribution < 1.29 is 29.3 Å². The van der Waals surface area contributed by atoms with Crippen molar-refractivity contribution in [2.45, 2.75) is 76.2 Å². The average Bonchev–Trinajstić information content (AvgIpc) is 3.00. The maximum absolute atomic E-state index is 13.3. The zero-order chi connectivity index (χ0) is 30.7. The summed E-state index contributed by atoms with van der Waals surface area (Å²) in [6.45, 7) is 3.73. The number of amides is 1. The summed E-state index contributed by atoms with van der Waals surface area (Å²) in [5, 5.41) is 22.6. The van der Waals surface area contributed by atoms with Gasteiger partial charge in [-0.2, -0.15) is 0 Å². The average molecular weight is 611 g/mol. The molecule has 1 aliphatic carbocycles. The lowest BCUT2D eigenvalue weighted by atomic mass is 9.70. The number of carboxylic acid groups (broad SMARTS) is 1. The zero-order valence-electron chi connectivity index (χ0n) is 25.3. The molecule has 9 heteroatoms. The highest BCUT2D eigenvalue weighted by Crippen LogP contribution is 2.42. The smallest absolute Gasteiger partial charge is 0.340 e. The molecule has 2 bridgehead atoms. The van der Waals surface area contributed by atoms with Crippen LogP contribution in [0.2, 0.25) is 5.02 Å². The summed E-state index contributed by atoms with van der Waals surface area (Å²) in [6, 6.07) is 10.7. The number of benzene rings is 2. The second-order valence-corrected chi connectivity index (χ2v) is 12.8. The Balaban J connectivity index is 1.59. The third-order valence-corrected chi connectivity index (χ3v) is 9.93. The molecule has 0 aromatic heterocycles. The molecule has 0 radical (unpaired) electrons. The van der Waals surface area contributed by atoms with Crippen LogP contribution in [0, 0.1) is 11.8 Å². The van der Waals surface area contributed by atoms with Crippen LogP contribution in [0.4, 0.5) is 5.69 Å². The van der Waals surface area contributed by atoms with Crippen LogP contribution in [-0.4, -0.2) is 66.4 Å². The second kappa shape index (κ2) is 13.3. The third kappa shape index (κ3) is 6.71. The minimum Gasteiger partial charge on any atom is -0.487 e. The number of ether oxygens (including phenoxy) is 2. The number of aliphatic hydroxyl groups is 1. The number of carboxylic acids is 1. The topological polar surface area (TPSA) is 99.5 Å². The minimum atomic E-state index is -2.39. The predicted molar refractivity (Wildman–Crippen MR) is 167 cm³/mol. The number of anilines is 1. The molecule has 5 atom stereocenters. The van der Waals surface area contributed by atoms with Gasteiger partial charge >= 0.3 is 5.97 Å². The van der Waals surface area contributed by atoms with E-state index in [4.69, 9.17) is 21.1 Å². The fourth-order valence-corrected chi connectivity index (χ4v) is 6.78. The van der Waals surface area contributed by atoms with Crippen LogP contribution in [-0.2, 0) is 33.0 Å². The van der Waals surface area contributed by atoms with Gasteiger partial charge in [0.1, 0.15) is 12.4 Å². The SMILES string of the molecule is CO[C@H]1/C=C/C[C@H](C)N(C)C(=O)C[C@](O)(C(=O)O)c2ccc3c(c2)N(CCCCc2cc(Cl)ccc2CO3)C[C@@H]2CC[C@H]21. The Kier molecular flexibility index (Phi) is 9.69. The number of hydrogen-bond acceptors (Lipinski definition) is 6. The molecule has 0 unspecified atom stereocenters. The van der Waals surface area contributed by atoms with E-state index in [0.29, 0.717) is 35.6 Å². The van der Waals surface area contributed by atoms with Crippen molar-refractivity contribution in [1.29, 1.82) is 0 Å². The van der Waals surface area contributed by atoms with Crippen molar-refractivity contribution >= 4 is 29.2 Å². The Morgan fingerprint density at radius 1 is 1.14 bits per heavy atom. The summed E-state index contributed by atoms with van der Waals surface area (Å²) < 4.78 is 12.4. The van der Waals surface area contributed by atoms with Gasteiger partial charge < -0.3 is 29.5 Å². The molecule has 0 spiro atoms. The van der Waals surface area contributed by atoms with Gasteiger partial charge in [0.25, 0.3) is 0 Å². The minimum absolute atomic E-state index is 0.0257. The molecule has 2 aromatic carbocycles. The maximum Gasteiger partial charge on any atom is 0.340 e. The molecule has 43 heavy (non-hydrogen) atoms. The van der Waals surface area contributed by atoms with Crippen molar-refractivity contribution in [3.8, 4) is 5.75 Å². The highest BCUT2D eigenvalue weighted by Gasteiger charge is 2.43. The molecule has 2 aliphatic heterocycles. The molecule has 2 heterocycles. The van der Waals surface area contributed by atoms with Gasteiger partial charge in [-0.05, 0) is 98.2 Å². The predicted octanol–water partition coefficient (Wildman–Crippen LogP) is 5.57. The Hall–Kier alpha value is -3.07. The van der Waals surface area contributed by atoms with E-state index in [1.165, 1.54) is 4.90 Å². The lowest BCUT2D eigenvalue weighted by Crippen LogP contribution is -2.45. The molecule has 8 nitrogen and oxygen atoms in total. The van der Waals surface area contributed by atoms with Gasteiger partial charge in [0, 0.05) is 38.3 Å². The summed E-state index contributed by atoms with van der Waals surface area (Å²) in [5.41, 5.74) is 0.715. The van der Waals surface area contributed by atoms with Gasteiger partial charge in [0.15, 0.2) is 5.60 Å². The van der Waals surface area contributed by atoms with Gasteiger partial charge in [-0.1, -0.05) is 35.9 Å². The van der Waals surface area contributed by atoms with Crippen LogP contribution in [0.1, 0.15) is 62.1 Å². The molecule has 2 aromatic rings. The normalized spacial score (nSPS) is 29.3. The number of carbonyl (C=O) groups excluding carboxylic acids is 1. The monoisotopic (exact) mass is 610 g/mol. The standard InChI is InChI=1S/C34H43ClN2O6/c1-22-7-6-9-30(42-3)28-14-11-24(28)20-37-16-5-4-8-23-17-27(35)13-10-25(23)21-43-31-15-12-26(18-29(31)37)34(41,33(39)40)19-32(38)36(22)2/h6,9-10,12-13,15,17-18,22,24,28,30,41H,4-5,7-8,11,14,16,19-21H2,1-3H3,(H,39,40)/b9-6+/t22-,24-,28+,30-,34+/m0/s1. The quantitative estimate of drug-likeness (QED) is 0.429. The summed E-state index contributed by atoms with van der Waals surface area (Å²) in [4.78, 5) is 29.7. The van der Waals surface area contributed by atoms with Gasteiger partial charge in [0.05, 0.1) is 18.2 Å². The third-order valence-electron chi connectivity index (χ3n) is 9.70. The van der Waals surface area contributed by atoms with E-state index in [1.807, 2.05) is 25.1 Å². The van der Waals surface area contributed by atoms with E-state index in [0.717, 1.165) is 62.0 Å². The van der Waals surface area contributed by atoms with Crippen molar-refractivity contribution in [3.63, 3.8) is 0 Å². The van der Waals surface area contributed by atoms with Crippen LogP contribution in [0.25, 0.3) is 0 Å². The number of fused-ring (bicyclic) bond motifs is 3. The first-order valence-electron chi connectivity index (χ1n) is 15.3. The fraction of sp³-hybridized carbons (Fsp3) is 0.529. The summed E-state index contributed by atoms with van der Waals surface area (Å²) in [6.07, 6.45) is 9.03. The molecule has 1 fully saturated rings. The van der Waals surface area contributed by atoms with Crippen LogP contribution in [0.15, 0.2) is 48.6 Å². The molecule has 2 N–H and O–H groups in total. The molecule has 5 rings (SSSR count). The number of carbonyl (C=O) groups is 2. The van der Waals surface area contributed by atoms with Crippen LogP contribution in [0.3, 0.4) is 0 Å². The molecular formula is C34H43ClN2O6. The van der Waals surface area contributed by atoms with Crippen LogP contribution in [0.5, 0.6) is 5.75 Å². The number of hydrogen-bond donors (Lipinski definition) is 2. The van der Waals surface area contributed by atoms with Gasteiger partial charge in [0.2, 0.25) is 5.91 Å². The van der Waals surface area contributed by atoms with E-state index >= 15 is 0 Å². The largest absolute Gasteiger partial charge is 0.487 e. The van der Waals surface area contributed by atoms with E-state index < -0.39 is 23.9 Å². The van der Waals surface area contributed by atoms with Crippen molar-refractivity contribution in [2.75, 3.05) is 32.1 Å². The van der Waals surface area contributed by atoms with E-state index in [2.05, 4.69) is 17.1 Å². The van der Waals surface area contributed by atoms with E-state index in [-0.39, 0.29) is 17.7 Å². The summed E-state index contributed by atoms with van der Waals surface area (Å²) in [5.74, 6) is -0.575. The number of nitrogens with zero attached hydrogens (tertiary/aromatic N) is 2. The van der Waals surface area contributed by atoms with E-state index in [9.17, 15) is 19.8 Å². The fourth-order valence-electron chi connectivity index (χ4n) is 6.59. The summed E-state index contributed by atoms with van der Waals surface area (Å²) in [7, 11) is 3.40. The van der Waals surface area contributed by atoms with Crippen LogP contribution < -0.4 is 9.64 Å². The summed E-state index contributed by atoms with van der Waals surface area (Å²) >= 11 is 6.32. The molecule has 3 aliphatic rings. The van der Waals surface area contributed by atoms with Crippen molar-refractivity contribution in [1.82, 2.24) is 4.90 Å². The van der Waals surface area contributed by atoms with Crippen LogP contribution >= 0.6 is 11.6 Å². The molecular weight excluding hydrogens is 568 g/mol. The highest BCUT2D eigenvalue weighted by atomic mass is 35.5. The first kappa shape index (κ1) is 31.4. The Labute approximate surface area is 259 Å². The van der Waals surface area contributed by atoms with Crippen molar-refractivity contribution in [3.05, 3.63) is 70.3 Å². The lowest BCUT2D eigenvalue weighted by Gasteiger charge is -2.44. The number of aliphatic carboxylic acids is 1. The van der Waals surface area contributed by atoms with E-state index in [1.54, 1.807) is 32.4 Å². The van der Waals surface area contributed by atoms with Gasteiger partial charge in [-0.25, -0.2) is 4.79 Å². The number of rotatable bonds is 2. The van der Waals surface area contributed by atoms with Crippen molar-refractivity contribution in [2.24, 2.45) is 11.8 Å². The first-order chi connectivity index (χ1) is 20.6. The number of methoxy groups -OCH3 is 1. The molecule has 232 valence electrons. The second-order valence-electron chi connectivity index (χ2n) is 12.3.